The van der Waals surface area contributed by atoms with Crippen LogP contribution in [0.4, 0.5) is 0 Å². The first-order valence-corrected chi connectivity index (χ1v) is 15.0. The van der Waals surface area contributed by atoms with E-state index in [9.17, 15) is 0 Å². The van der Waals surface area contributed by atoms with Gasteiger partial charge in [0.2, 0.25) is 5.69 Å². The van der Waals surface area contributed by atoms with Crippen molar-refractivity contribution in [2.75, 3.05) is 0 Å². The van der Waals surface area contributed by atoms with Crippen LogP contribution in [0.3, 0.4) is 0 Å². The van der Waals surface area contributed by atoms with E-state index in [1.54, 1.807) is 11.1 Å². The number of pyridine rings is 1. The van der Waals surface area contributed by atoms with Crippen molar-refractivity contribution in [3.05, 3.63) is 65.4 Å². The average Bonchev–Trinajstić information content (AvgIpc) is 3.00. The minimum atomic E-state index is 0.0160. The number of fused-ring (bicyclic) bond motifs is 6. The quantitative estimate of drug-likeness (QED) is 0.236. The lowest BCUT2D eigenvalue weighted by Gasteiger charge is -2.47. The summed E-state index contributed by atoms with van der Waals surface area (Å²) in [4.78, 5) is 0. The van der Waals surface area contributed by atoms with Gasteiger partial charge in [0.05, 0.1) is 16.4 Å². The summed E-state index contributed by atoms with van der Waals surface area (Å²) in [7, 11) is 0. The third-order valence-electron chi connectivity index (χ3n) is 12.5. The van der Waals surface area contributed by atoms with Crippen LogP contribution in [-0.4, -0.2) is 0 Å². The van der Waals surface area contributed by atoms with E-state index >= 15 is 0 Å². The molecule has 1 aromatic heterocycles. The van der Waals surface area contributed by atoms with Gasteiger partial charge in [0.1, 0.15) is 0 Å². The zero-order valence-corrected chi connectivity index (χ0v) is 25.3. The molecule has 5 rings (SSSR count). The van der Waals surface area contributed by atoms with Gasteiger partial charge >= 0.3 is 0 Å². The summed E-state index contributed by atoms with van der Waals surface area (Å²) in [6, 6.07) is 16.9. The summed E-state index contributed by atoms with van der Waals surface area (Å²) < 4.78 is 2.65. The van der Waals surface area contributed by atoms with Crippen molar-refractivity contribution in [2.45, 2.75) is 130 Å². The van der Waals surface area contributed by atoms with Gasteiger partial charge in [0.15, 0.2) is 11.7 Å². The monoisotopic (exact) mass is 496 g/mol. The molecule has 0 radical (unpaired) electrons. The van der Waals surface area contributed by atoms with Crippen molar-refractivity contribution in [1.82, 2.24) is 0 Å². The topological polar surface area (TPSA) is 3.88 Å². The van der Waals surface area contributed by atoms with Crippen LogP contribution in [0.1, 0.15) is 124 Å². The van der Waals surface area contributed by atoms with E-state index in [1.165, 1.54) is 53.3 Å². The molecule has 0 fully saturated rings. The van der Waals surface area contributed by atoms with Crippen LogP contribution in [-0.2, 0) is 21.8 Å². The summed E-state index contributed by atoms with van der Waals surface area (Å²) in [6.07, 6.45) is 9.82. The van der Waals surface area contributed by atoms with Gasteiger partial charge in [-0.1, -0.05) is 92.9 Å². The molecule has 0 saturated carbocycles. The molecule has 1 nitrogen and oxygen atoms in total. The molecule has 1 aliphatic heterocycles. The Kier molecular flexibility index (Phi) is 6.02. The highest BCUT2D eigenvalue weighted by Crippen LogP contribution is 2.64. The minimum absolute atomic E-state index is 0.0160. The van der Waals surface area contributed by atoms with Crippen molar-refractivity contribution in [1.29, 1.82) is 0 Å². The summed E-state index contributed by atoms with van der Waals surface area (Å²) in [6.45, 7) is 24.7. The van der Waals surface area contributed by atoms with Gasteiger partial charge in [0.25, 0.3) is 0 Å². The van der Waals surface area contributed by atoms with Gasteiger partial charge in [-0.3, -0.25) is 0 Å². The Morgan fingerprint density at radius 3 is 2.05 bits per heavy atom. The first-order chi connectivity index (χ1) is 17.4. The first kappa shape index (κ1) is 26.5. The molecule has 0 N–H and O–H groups in total. The molecule has 0 spiro atoms. The van der Waals surface area contributed by atoms with Crippen LogP contribution in [0.5, 0.6) is 0 Å². The number of rotatable bonds is 6. The van der Waals surface area contributed by atoms with Gasteiger partial charge in [0, 0.05) is 19.4 Å². The van der Waals surface area contributed by atoms with E-state index in [2.05, 4.69) is 122 Å². The van der Waals surface area contributed by atoms with Crippen molar-refractivity contribution in [2.24, 2.45) is 5.41 Å². The highest BCUT2D eigenvalue weighted by Gasteiger charge is 2.60. The first-order valence-electron chi connectivity index (χ1n) is 15.0. The molecule has 198 valence electrons. The third-order valence-corrected chi connectivity index (χ3v) is 12.5. The highest BCUT2D eigenvalue weighted by molar-refractivity contribution is 5.96. The second-order valence-corrected chi connectivity index (χ2v) is 13.9. The van der Waals surface area contributed by atoms with E-state index in [0.29, 0.717) is 0 Å². The van der Waals surface area contributed by atoms with E-state index in [1.807, 2.05) is 0 Å². The molecule has 1 aliphatic carbocycles. The van der Waals surface area contributed by atoms with Crippen molar-refractivity contribution >= 4 is 10.8 Å². The van der Waals surface area contributed by atoms with Crippen LogP contribution in [0.25, 0.3) is 22.0 Å². The summed E-state index contributed by atoms with van der Waals surface area (Å²) in [5, 5.41) is 2.82. The maximum atomic E-state index is 2.65. The molecule has 2 heterocycles. The zero-order chi connectivity index (χ0) is 27.0. The van der Waals surface area contributed by atoms with E-state index in [4.69, 9.17) is 0 Å². The fourth-order valence-electron chi connectivity index (χ4n) is 8.38. The largest absolute Gasteiger partial charge is 0.221 e. The van der Waals surface area contributed by atoms with E-state index in [-0.39, 0.29) is 27.2 Å². The number of hydrogen-bond donors (Lipinski definition) is 0. The van der Waals surface area contributed by atoms with Crippen LogP contribution in [0.2, 0.25) is 0 Å². The molecule has 3 aromatic rings. The van der Waals surface area contributed by atoms with Gasteiger partial charge in [-0.15, -0.1) is 0 Å². The number of benzene rings is 2. The van der Waals surface area contributed by atoms with Gasteiger partial charge in [-0.05, 0) is 76.3 Å². The predicted octanol–water partition coefficient (Wildman–Crippen LogP) is 9.76. The lowest BCUT2D eigenvalue weighted by atomic mass is 9.57. The van der Waals surface area contributed by atoms with Gasteiger partial charge < -0.3 is 0 Å². The molecule has 2 aliphatic rings. The Morgan fingerprint density at radius 1 is 0.703 bits per heavy atom. The van der Waals surface area contributed by atoms with Crippen LogP contribution < -0.4 is 4.57 Å². The van der Waals surface area contributed by atoms with Crippen molar-refractivity contribution in [3.8, 4) is 11.3 Å². The standard InChI is InChI=1S/C36H50N/c1-11-14-17-21-35(9)30-23-25-20-22-37-31(27(25)24-29(30)32(4,5)33(35,6)7)26-18-15-16-19-28(26)34(8,12-2)36(37,10)13-3/h15-16,18-20,22-24H,11-14,17,21H2,1-10H3/q+1. The number of nitrogens with zero attached hydrogens (tertiary/aromatic N) is 1. The number of hydrogen-bond acceptors (Lipinski definition) is 0. The van der Waals surface area contributed by atoms with Crippen LogP contribution >= 0.6 is 0 Å². The molecule has 1 heteroatoms. The molecule has 0 bridgehead atoms. The molecular formula is C36H50N+. The summed E-state index contributed by atoms with van der Waals surface area (Å²) in [5.41, 5.74) is 8.07. The molecule has 0 amide bonds. The molecule has 37 heavy (non-hydrogen) atoms. The molecular weight excluding hydrogens is 446 g/mol. The van der Waals surface area contributed by atoms with Gasteiger partial charge in [-0.25, -0.2) is 0 Å². The van der Waals surface area contributed by atoms with Crippen LogP contribution in [0.15, 0.2) is 48.7 Å². The molecule has 3 atom stereocenters. The van der Waals surface area contributed by atoms with E-state index < -0.39 is 0 Å². The second-order valence-electron chi connectivity index (χ2n) is 13.9. The Bertz CT molecular complexity index is 1360. The summed E-state index contributed by atoms with van der Waals surface area (Å²) >= 11 is 0. The molecule has 3 unspecified atom stereocenters. The molecule has 2 aromatic carbocycles. The normalized spacial score (nSPS) is 29.1. The Morgan fingerprint density at radius 2 is 1.41 bits per heavy atom. The number of unbranched alkanes of at least 4 members (excludes halogenated alkanes) is 2. The maximum absolute atomic E-state index is 2.65. The fraction of sp³-hybridized carbons (Fsp3) is 0.583. The Balaban J connectivity index is 1.85. The fourth-order valence-corrected chi connectivity index (χ4v) is 8.38. The lowest BCUT2D eigenvalue weighted by molar-refractivity contribution is -0.764. The third kappa shape index (κ3) is 3.12. The highest BCUT2D eigenvalue weighted by atomic mass is 15.1. The smallest absolute Gasteiger partial charge is 0.192 e. The second kappa shape index (κ2) is 8.42. The van der Waals surface area contributed by atoms with Crippen LogP contribution in [0, 0.1) is 5.41 Å². The Labute approximate surface area is 226 Å². The van der Waals surface area contributed by atoms with E-state index in [0.717, 1.165) is 12.8 Å². The van der Waals surface area contributed by atoms with Crippen molar-refractivity contribution < 1.29 is 4.57 Å². The van der Waals surface area contributed by atoms with Gasteiger partial charge in [-0.2, -0.15) is 4.57 Å². The minimum Gasteiger partial charge on any atom is -0.192 e. The Hall–Kier alpha value is -2.15. The lowest BCUT2D eigenvalue weighted by Crippen LogP contribution is -2.67. The zero-order valence-electron chi connectivity index (χ0n) is 25.3. The maximum Gasteiger partial charge on any atom is 0.221 e. The summed E-state index contributed by atoms with van der Waals surface area (Å²) in [5.74, 6) is 0. The average molecular weight is 497 g/mol. The number of aromatic nitrogens is 1. The molecule has 0 saturated heterocycles. The van der Waals surface area contributed by atoms with Crippen molar-refractivity contribution in [3.63, 3.8) is 0 Å². The SMILES string of the molecule is CCCCCC1(C)c2cc3cc[n+]4c(c3cc2C(C)(C)C1(C)C)-c1ccccc1C(C)(CC)C4(C)CC. The predicted molar refractivity (Wildman–Crippen MR) is 159 cm³/mol.